The molecule has 1 aliphatic rings. The predicted octanol–water partition coefficient (Wildman–Crippen LogP) is 2.80. The van der Waals surface area contributed by atoms with E-state index in [2.05, 4.69) is 4.98 Å². The molecule has 1 fully saturated rings. The van der Waals surface area contributed by atoms with Crippen LogP contribution in [0.25, 0.3) is 0 Å². The molecule has 0 spiro atoms. The fraction of sp³-hybridized carbons (Fsp3) is 0.333. The Hall–Kier alpha value is -2.65. The van der Waals surface area contributed by atoms with Gasteiger partial charge in [-0.1, -0.05) is 12.1 Å². The molecule has 0 bridgehead atoms. The first kappa shape index (κ1) is 14.9. The molecule has 1 aliphatic heterocycles. The number of ether oxygens (including phenoxy) is 2. The SMILES string of the molecule is [2H]N1CCC(Oc2cccc(OCc3ccc(C#N)cc3F)n2)CC1. The summed E-state index contributed by atoms with van der Waals surface area (Å²) in [6.07, 6.45) is 1.61. The quantitative estimate of drug-likeness (QED) is 0.914. The van der Waals surface area contributed by atoms with Crippen LogP contribution < -0.4 is 14.8 Å². The highest BCUT2D eigenvalue weighted by Crippen LogP contribution is 2.19. The molecule has 0 unspecified atom stereocenters. The summed E-state index contributed by atoms with van der Waals surface area (Å²) in [6, 6.07) is 11.4. The van der Waals surface area contributed by atoms with Crippen LogP contribution in [0.15, 0.2) is 36.4 Å². The van der Waals surface area contributed by atoms with Gasteiger partial charge in [-0.3, -0.25) is 0 Å². The molecule has 1 aromatic carbocycles. The van der Waals surface area contributed by atoms with Crippen molar-refractivity contribution in [2.45, 2.75) is 25.6 Å². The molecule has 124 valence electrons. The van der Waals surface area contributed by atoms with E-state index in [0.717, 1.165) is 12.8 Å². The topological polar surface area (TPSA) is 67.2 Å². The van der Waals surface area contributed by atoms with Crippen molar-refractivity contribution in [1.29, 1.82) is 5.26 Å². The second-order valence-electron chi connectivity index (χ2n) is 5.51. The molecule has 5 nitrogen and oxygen atoms in total. The fourth-order valence-electron chi connectivity index (χ4n) is 2.44. The normalized spacial score (nSPS) is 16.2. The number of nitrogens with one attached hydrogen (secondary N) is 1. The minimum Gasteiger partial charge on any atom is -0.474 e. The zero-order valence-electron chi connectivity index (χ0n) is 14.1. The van der Waals surface area contributed by atoms with Gasteiger partial charge < -0.3 is 14.8 Å². The van der Waals surface area contributed by atoms with E-state index in [1.165, 1.54) is 17.4 Å². The van der Waals surface area contributed by atoms with Gasteiger partial charge in [0.15, 0.2) is 0 Å². The van der Waals surface area contributed by atoms with Gasteiger partial charge in [-0.15, -0.1) is 0 Å². The van der Waals surface area contributed by atoms with E-state index in [9.17, 15) is 4.39 Å². The molecule has 24 heavy (non-hydrogen) atoms. The molecule has 1 aromatic heterocycles. The van der Waals surface area contributed by atoms with Gasteiger partial charge in [0.05, 0.1) is 11.6 Å². The van der Waals surface area contributed by atoms with Crippen LogP contribution in [0, 0.1) is 17.1 Å². The Kier molecular flexibility index (Phi) is 4.82. The van der Waals surface area contributed by atoms with E-state index < -0.39 is 5.82 Å². The molecule has 3 rings (SSSR count). The van der Waals surface area contributed by atoms with Gasteiger partial charge in [0, 0.05) is 17.7 Å². The lowest BCUT2D eigenvalue weighted by molar-refractivity contribution is 0.153. The zero-order valence-corrected chi connectivity index (χ0v) is 13.1. The number of hydrogen-bond acceptors (Lipinski definition) is 5. The number of pyridine rings is 1. The van der Waals surface area contributed by atoms with Gasteiger partial charge in [0.1, 0.15) is 19.9 Å². The molecule has 6 heteroatoms. The Morgan fingerprint density at radius 3 is 2.83 bits per heavy atom. The van der Waals surface area contributed by atoms with Crippen molar-refractivity contribution < 1.29 is 15.3 Å². The molecular formula is C18H18FN3O2. The van der Waals surface area contributed by atoms with Gasteiger partial charge >= 0.3 is 0 Å². The maximum absolute atomic E-state index is 13.9. The van der Waals surface area contributed by atoms with Gasteiger partial charge in [0.25, 0.3) is 0 Å². The molecule has 1 saturated heterocycles. The Balaban J connectivity index is 1.59. The van der Waals surface area contributed by atoms with E-state index >= 15 is 0 Å². The van der Waals surface area contributed by atoms with Crippen molar-refractivity contribution in [3.8, 4) is 17.8 Å². The summed E-state index contributed by atoms with van der Waals surface area (Å²) in [5.41, 5.74) is 0.628. The summed E-state index contributed by atoms with van der Waals surface area (Å²) < 4.78 is 32.8. The summed E-state index contributed by atoms with van der Waals surface area (Å²) in [5.74, 6) is 0.328. The second kappa shape index (κ2) is 7.75. The van der Waals surface area contributed by atoms with Crippen molar-refractivity contribution >= 4 is 0 Å². The van der Waals surface area contributed by atoms with E-state index in [1.54, 1.807) is 24.3 Å². The standard InChI is InChI=1S/C18H18FN3O2/c19-16-10-13(11-20)4-5-14(16)12-23-17-2-1-3-18(22-17)24-15-6-8-21-9-7-15/h1-5,10,15,21H,6-9,12H2/i/hD. The number of hydrogen-bond donors (Lipinski definition) is 1. The van der Waals surface area contributed by atoms with Crippen LogP contribution >= 0.6 is 0 Å². The highest BCUT2D eigenvalue weighted by Gasteiger charge is 2.15. The largest absolute Gasteiger partial charge is 0.474 e. The Morgan fingerprint density at radius 2 is 2.08 bits per heavy atom. The maximum atomic E-state index is 13.9. The van der Waals surface area contributed by atoms with Crippen LogP contribution in [-0.2, 0) is 6.61 Å². The number of nitriles is 1. The summed E-state index contributed by atoms with van der Waals surface area (Å²) in [6.45, 7) is 1.38. The monoisotopic (exact) mass is 328 g/mol. The van der Waals surface area contributed by atoms with E-state index in [0.29, 0.717) is 30.4 Å². The predicted molar refractivity (Wildman–Crippen MR) is 86.2 cm³/mol. The maximum Gasteiger partial charge on any atom is 0.216 e. The summed E-state index contributed by atoms with van der Waals surface area (Å²) >= 11 is 0. The molecule has 1 N–H and O–H groups in total. The minimum atomic E-state index is -0.478. The Bertz CT molecular complexity index is 773. The van der Waals surface area contributed by atoms with Gasteiger partial charge in [-0.05, 0) is 38.1 Å². The second-order valence-corrected chi connectivity index (χ2v) is 5.51. The number of piperidine rings is 1. The first-order valence-corrected chi connectivity index (χ1v) is 7.83. The van der Waals surface area contributed by atoms with Crippen molar-refractivity contribution in [2.75, 3.05) is 13.1 Å². The Labute approximate surface area is 141 Å². The van der Waals surface area contributed by atoms with Crippen molar-refractivity contribution in [3.05, 3.63) is 53.3 Å². The summed E-state index contributed by atoms with van der Waals surface area (Å²) in [5, 5.41) is 10.3. The number of nitrogens with zero attached hydrogens (tertiary/aromatic N) is 2. The Morgan fingerprint density at radius 1 is 1.29 bits per heavy atom. The van der Waals surface area contributed by atoms with Gasteiger partial charge in [-0.2, -0.15) is 10.2 Å². The third-order valence-corrected chi connectivity index (χ3v) is 3.76. The number of halogens is 1. The van der Waals surface area contributed by atoms with Crippen LogP contribution in [0.1, 0.15) is 24.0 Å². The number of aromatic nitrogens is 1. The van der Waals surface area contributed by atoms with Crippen LogP contribution in [0.2, 0.25) is 1.41 Å². The molecular weight excluding hydrogens is 309 g/mol. The molecule has 0 saturated carbocycles. The third-order valence-electron chi connectivity index (χ3n) is 3.76. The smallest absolute Gasteiger partial charge is 0.216 e. The van der Waals surface area contributed by atoms with Crippen LogP contribution in [0.5, 0.6) is 11.8 Å². The molecule has 0 aliphatic carbocycles. The lowest BCUT2D eigenvalue weighted by atomic mass is 10.1. The molecule has 0 amide bonds. The number of benzene rings is 1. The fourth-order valence-corrected chi connectivity index (χ4v) is 2.44. The van der Waals surface area contributed by atoms with E-state index in [-0.39, 0.29) is 18.3 Å². The zero-order chi connectivity index (χ0) is 17.6. The minimum absolute atomic E-state index is 0.0191. The first-order valence-electron chi connectivity index (χ1n) is 8.27. The molecule has 2 aromatic rings. The van der Waals surface area contributed by atoms with Crippen molar-refractivity contribution in [2.24, 2.45) is 0 Å². The summed E-state index contributed by atoms with van der Waals surface area (Å²) in [4.78, 5) is 4.28. The van der Waals surface area contributed by atoms with Gasteiger partial charge in [0.2, 0.25) is 11.8 Å². The molecule has 0 radical (unpaired) electrons. The van der Waals surface area contributed by atoms with Crippen molar-refractivity contribution in [3.63, 3.8) is 0 Å². The highest BCUT2D eigenvalue weighted by atomic mass is 19.1. The average Bonchev–Trinajstić information content (AvgIpc) is 2.63. The van der Waals surface area contributed by atoms with Crippen LogP contribution in [0.3, 0.4) is 0 Å². The molecule has 2 heterocycles. The summed E-state index contributed by atoms with van der Waals surface area (Å²) in [7, 11) is 0. The molecule has 0 atom stereocenters. The average molecular weight is 328 g/mol. The van der Waals surface area contributed by atoms with Crippen LogP contribution in [-0.4, -0.2) is 24.2 Å². The lowest BCUT2D eigenvalue weighted by Gasteiger charge is -2.23. The van der Waals surface area contributed by atoms with Gasteiger partial charge in [-0.25, -0.2) is 4.39 Å². The van der Waals surface area contributed by atoms with E-state index in [1.807, 2.05) is 6.07 Å². The third kappa shape index (κ3) is 4.21. The van der Waals surface area contributed by atoms with E-state index in [4.69, 9.17) is 16.1 Å². The van der Waals surface area contributed by atoms with Crippen LogP contribution in [0.4, 0.5) is 4.39 Å². The van der Waals surface area contributed by atoms with Crippen molar-refractivity contribution in [1.82, 2.24) is 10.3 Å². The first-order chi connectivity index (χ1) is 12.1. The number of rotatable bonds is 5. The lowest BCUT2D eigenvalue weighted by Crippen LogP contribution is -2.34. The highest BCUT2D eigenvalue weighted by molar-refractivity contribution is 5.32.